The number of amides is 2. The van der Waals surface area contributed by atoms with Crippen LogP contribution in [0.5, 0.6) is 5.75 Å². The number of carbonyl (C=O) groups excluding carboxylic acids is 2. The minimum absolute atomic E-state index is 0.190. The summed E-state index contributed by atoms with van der Waals surface area (Å²) >= 11 is 0. The second kappa shape index (κ2) is 10.4. The lowest BCUT2D eigenvalue weighted by Gasteiger charge is -2.12. The van der Waals surface area contributed by atoms with Gasteiger partial charge in [0.15, 0.2) is 11.7 Å². The van der Waals surface area contributed by atoms with Crippen LogP contribution < -0.4 is 15.4 Å². The van der Waals surface area contributed by atoms with Crippen LogP contribution in [0.4, 0.5) is 11.4 Å². The van der Waals surface area contributed by atoms with E-state index < -0.39 is 0 Å². The largest absolute Gasteiger partial charge is 0.494 e. The Labute approximate surface area is 197 Å². The Morgan fingerprint density at radius 3 is 2.59 bits per heavy atom. The van der Waals surface area contributed by atoms with Gasteiger partial charge in [0.25, 0.3) is 5.91 Å². The number of nitrogens with one attached hydrogen (secondary N) is 2. The maximum atomic E-state index is 12.4. The Bertz CT molecular complexity index is 1280. The number of hydrogen-bond donors (Lipinski definition) is 2. The smallest absolute Gasteiger partial charge is 0.257 e. The topological polar surface area (TPSA) is 106 Å². The van der Waals surface area contributed by atoms with Gasteiger partial charge in [-0.2, -0.15) is 0 Å². The second-order valence-electron chi connectivity index (χ2n) is 7.64. The number of rotatable bonds is 8. The van der Waals surface area contributed by atoms with Gasteiger partial charge in [-0.3, -0.25) is 14.6 Å². The van der Waals surface area contributed by atoms with Crippen molar-refractivity contribution in [3.8, 4) is 17.1 Å². The van der Waals surface area contributed by atoms with Gasteiger partial charge in [-0.25, -0.2) is 4.98 Å². The lowest BCUT2D eigenvalue weighted by atomic mass is 10.1. The summed E-state index contributed by atoms with van der Waals surface area (Å²) in [4.78, 5) is 33.0. The van der Waals surface area contributed by atoms with Gasteiger partial charge in [-0.05, 0) is 31.2 Å². The molecular weight excluding hydrogens is 432 g/mol. The number of ether oxygens (including phenoxy) is 1. The van der Waals surface area contributed by atoms with Crippen LogP contribution in [0.1, 0.15) is 28.2 Å². The monoisotopic (exact) mass is 456 g/mol. The molecule has 0 spiro atoms. The minimum Gasteiger partial charge on any atom is -0.494 e. The first-order valence-electron chi connectivity index (χ1n) is 10.7. The van der Waals surface area contributed by atoms with E-state index in [1.54, 1.807) is 42.7 Å². The van der Waals surface area contributed by atoms with E-state index in [0.717, 1.165) is 5.56 Å². The van der Waals surface area contributed by atoms with E-state index in [9.17, 15) is 9.59 Å². The van der Waals surface area contributed by atoms with Crippen LogP contribution in [0.3, 0.4) is 0 Å². The third kappa shape index (κ3) is 5.66. The van der Waals surface area contributed by atoms with Gasteiger partial charge in [0.05, 0.1) is 24.6 Å². The number of aryl methyl sites for hydroxylation is 2. The molecular formula is C26H24N4O4. The Morgan fingerprint density at radius 2 is 1.85 bits per heavy atom. The van der Waals surface area contributed by atoms with Crippen LogP contribution in [0.15, 0.2) is 77.6 Å². The quantitative estimate of drug-likeness (QED) is 0.392. The summed E-state index contributed by atoms with van der Waals surface area (Å²) in [5.41, 5.74) is 3.57. The molecule has 2 amide bonds. The molecule has 2 heterocycles. The molecule has 34 heavy (non-hydrogen) atoms. The predicted octanol–water partition coefficient (Wildman–Crippen LogP) is 4.88. The summed E-state index contributed by atoms with van der Waals surface area (Å²) in [5, 5.41) is 5.62. The summed E-state index contributed by atoms with van der Waals surface area (Å²) in [6.07, 6.45) is 5.32. The van der Waals surface area contributed by atoms with Crippen molar-refractivity contribution in [3.63, 3.8) is 0 Å². The molecule has 0 fully saturated rings. The zero-order valence-electron chi connectivity index (χ0n) is 18.9. The molecule has 2 N–H and O–H groups in total. The van der Waals surface area contributed by atoms with E-state index in [0.29, 0.717) is 40.8 Å². The average Bonchev–Trinajstić information content (AvgIpc) is 3.33. The molecule has 0 atom stereocenters. The Hall–Kier alpha value is -4.46. The van der Waals surface area contributed by atoms with Crippen molar-refractivity contribution in [1.82, 2.24) is 9.97 Å². The average molecular weight is 457 g/mol. The molecule has 4 aromatic rings. The van der Waals surface area contributed by atoms with Gasteiger partial charge in [-0.1, -0.05) is 29.8 Å². The molecule has 172 valence electrons. The Morgan fingerprint density at radius 1 is 1.03 bits per heavy atom. The lowest BCUT2D eigenvalue weighted by Crippen LogP contribution is -2.14. The summed E-state index contributed by atoms with van der Waals surface area (Å²) < 4.78 is 11.2. The first-order valence-corrected chi connectivity index (χ1v) is 10.7. The zero-order chi connectivity index (χ0) is 23.9. The third-order valence-corrected chi connectivity index (χ3v) is 5.11. The molecule has 0 saturated carbocycles. The van der Waals surface area contributed by atoms with Gasteiger partial charge >= 0.3 is 0 Å². The van der Waals surface area contributed by atoms with Gasteiger partial charge in [-0.15, -0.1) is 0 Å². The highest BCUT2D eigenvalue weighted by atomic mass is 16.5. The molecule has 0 bridgehead atoms. The van der Waals surface area contributed by atoms with E-state index in [1.807, 2.05) is 31.2 Å². The first kappa shape index (κ1) is 22.7. The van der Waals surface area contributed by atoms with Crippen LogP contribution in [0, 0.1) is 6.92 Å². The molecule has 8 nitrogen and oxygen atoms in total. The van der Waals surface area contributed by atoms with E-state index in [2.05, 4.69) is 20.6 Å². The van der Waals surface area contributed by atoms with Crippen molar-refractivity contribution < 1.29 is 18.7 Å². The Kier molecular flexibility index (Phi) is 6.98. The second-order valence-corrected chi connectivity index (χ2v) is 7.64. The molecule has 0 aliphatic rings. The highest BCUT2D eigenvalue weighted by molar-refractivity contribution is 6.05. The summed E-state index contributed by atoms with van der Waals surface area (Å²) in [5.74, 6) is 1.09. The van der Waals surface area contributed by atoms with Gasteiger partial charge in [0.1, 0.15) is 5.75 Å². The standard InChI is InChI=1S/C26H24N4O4/c1-17-5-7-18(8-6-17)23-16-28-25(34-23)12-11-24(31)29-20-9-10-21(22(14-20)33-2)30-26(32)19-4-3-13-27-15-19/h3-10,13-16H,11-12H2,1-2H3,(H,29,31)(H,30,32). The number of hydrogen-bond acceptors (Lipinski definition) is 6. The fraction of sp³-hybridized carbons (Fsp3) is 0.154. The van der Waals surface area contributed by atoms with Crippen LogP contribution in [-0.4, -0.2) is 28.9 Å². The van der Waals surface area contributed by atoms with Crippen LogP contribution in [0.2, 0.25) is 0 Å². The lowest BCUT2D eigenvalue weighted by molar-refractivity contribution is -0.116. The van der Waals surface area contributed by atoms with Crippen LogP contribution in [-0.2, 0) is 11.2 Å². The van der Waals surface area contributed by atoms with Crippen molar-refractivity contribution in [2.45, 2.75) is 19.8 Å². The number of oxazole rings is 1. The Balaban J connectivity index is 1.34. The fourth-order valence-corrected chi connectivity index (χ4v) is 3.28. The number of methoxy groups -OCH3 is 1. The van der Waals surface area contributed by atoms with Gasteiger partial charge in [0, 0.05) is 42.6 Å². The molecule has 0 unspecified atom stereocenters. The number of carbonyl (C=O) groups is 2. The van der Waals surface area contributed by atoms with Crippen LogP contribution in [0.25, 0.3) is 11.3 Å². The summed E-state index contributed by atoms with van der Waals surface area (Å²) in [6.45, 7) is 2.02. The number of anilines is 2. The third-order valence-electron chi connectivity index (χ3n) is 5.11. The summed E-state index contributed by atoms with van der Waals surface area (Å²) in [6, 6.07) is 16.3. The molecule has 4 rings (SSSR count). The first-order chi connectivity index (χ1) is 16.5. The maximum absolute atomic E-state index is 12.4. The molecule has 2 aromatic carbocycles. The van der Waals surface area contributed by atoms with Crippen molar-refractivity contribution in [1.29, 1.82) is 0 Å². The van der Waals surface area contributed by atoms with Crippen molar-refractivity contribution in [2.75, 3.05) is 17.7 Å². The SMILES string of the molecule is COc1cc(NC(=O)CCc2ncc(-c3ccc(C)cc3)o2)ccc1NC(=O)c1cccnc1. The van der Waals surface area contributed by atoms with Crippen LogP contribution >= 0.6 is 0 Å². The molecule has 0 radical (unpaired) electrons. The molecule has 0 saturated heterocycles. The van der Waals surface area contributed by atoms with E-state index in [1.165, 1.54) is 18.9 Å². The highest BCUT2D eigenvalue weighted by Gasteiger charge is 2.13. The predicted molar refractivity (Wildman–Crippen MR) is 129 cm³/mol. The number of benzene rings is 2. The zero-order valence-corrected chi connectivity index (χ0v) is 18.9. The van der Waals surface area contributed by atoms with Gasteiger partial charge in [0.2, 0.25) is 5.91 Å². The van der Waals surface area contributed by atoms with Crippen molar-refractivity contribution in [3.05, 3.63) is 90.2 Å². The molecule has 8 heteroatoms. The minimum atomic E-state index is -0.306. The maximum Gasteiger partial charge on any atom is 0.257 e. The fourth-order valence-electron chi connectivity index (χ4n) is 3.28. The molecule has 0 aliphatic heterocycles. The number of aromatic nitrogens is 2. The number of pyridine rings is 1. The van der Waals surface area contributed by atoms with E-state index in [-0.39, 0.29) is 18.2 Å². The molecule has 2 aromatic heterocycles. The highest BCUT2D eigenvalue weighted by Crippen LogP contribution is 2.28. The summed E-state index contributed by atoms with van der Waals surface area (Å²) in [7, 11) is 1.49. The molecule has 0 aliphatic carbocycles. The van der Waals surface area contributed by atoms with E-state index >= 15 is 0 Å². The normalized spacial score (nSPS) is 10.5. The van der Waals surface area contributed by atoms with E-state index in [4.69, 9.17) is 9.15 Å². The van der Waals surface area contributed by atoms with Crippen molar-refractivity contribution in [2.24, 2.45) is 0 Å². The number of nitrogens with zero attached hydrogens (tertiary/aromatic N) is 2. The van der Waals surface area contributed by atoms with Crippen molar-refractivity contribution >= 4 is 23.2 Å². The van der Waals surface area contributed by atoms with Gasteiger partial charge < -0.3 is 19.8 Å².